The zero-order chi connectivity index (χ0) is 12.5. The van der Waals surface area contributed by atoms with Crippen molar-refractivity contribution in [3.05, 3.63) is 28.8 Å². The van der Waals surface area contributed by atoms with Gasteiger partial charge in [-0.05, 0) is 38.1 Å². The van der Waals surface area contributed by atoms with Crippen molar-refractivity contribution < 1.29 is 4.79 Å². The minimum Gasteiger partial charge on any atom is -0.378 e. The number of nitrogens with two attached hydrogens (primary N) is 1. The molecule has 1 aromatic rings. The Morgan fingerprint density at radius 1 is 1.59 bits per heavy atom. The van der Waals surface area contributed by atoms with Crippen molar-refractivity contribution in [2.24, 2.45) is 5.73 Å². The second-order valence-corrected chi connectivity index (χ2v) is 5.10. The number of halogens is 1. The van der Waals surface area contributed by atoms with Gasteiger partial charge in [-0.15, -0.1) is 0 Å². The number of nitrogens with one attached hydrogen (secondary N) is 2. The molecular formula is C12H16ClN3O. The van der Waals surface area contributed by atoms with Crippen LogP contribution in [-0.4, -0.2) is 24.5 Å². The van der Waals surface area contributed by atoms with Crippen LogP contribution in [0, 0.1) is 0 Å². The molecule has 1 unspecified atom stereocenters. The molecule has 5 heteroatoms. The van der Waals surface area contributed by atoms with Crippen LogP contribution in [0.1, 0.15) is 23.7 Å². The summed E-state index contributed by atoms with van der Waals surface area (Å²) >= 11 is 5.86. The molecule has 1 heterocycles. The molecule has 1 saturated heterocycles. The molecule has 0 aliphatic carbocycles. The Hall–Kier alpha value is -1.26. The van der Waals surface area contributed by atoms with Crippen molar-refractivity contribution in [3.8, 4) is 0 Å². The summed E-state index contributed by atoms with van der Waals surface area (Å²) in [5, 5.41) is 7.17. The third kappa shape index (κ3) is 2.70. The Kier molecular flexibility index (Phi) is 3.26. The van der Waals surface area contributed by atoms with E-state index in [0.29, 0.717) is 10.6 Å². The van der Waals surface area contributed by atoms with E-state index in [0.717, 1.165) is 25.2 Å². The Labute approximate surface area is 106 Å². The zero-order valence-electron chi connectivity index (χ0n) is 9.72. The Morgan fingerprint density at radius 2 is 2.35 bits per heavy atom. The van der Waals surface area contributed by atoms with E-state index in [1.165, 1.54) is 0 Å². The highest BCUT2D eigenvalue weighted by Gasteiger charge is 2.29. The molecule has 17 heavy (non-hydrogen) atoms. The van der Waals surface area contributed by atoms with Gasteiger partial charge in [0, 0.05) is 22.8 Å². The van der Waals surface area contributed by atoms with Gasteiger partial charge in [0.2, 0.25) is 0 Å². The van der Waals surface area contributed by atoms with Crippen LogP contribution in [0.5, 0.6) is 0 Å². The first-order chi connectivity index (χ1) is 8.00. The first-order valence-corrected chi connectivity index (χ1v) is 5.96. The van der Waals surface area contributed by atoms with Crippen LogP contribution < -0.4 is 16.4 Å². The van der Waals surface area contributed by atoms with E-state index in [2.05, 4.69) is 17.6 Å². The van der Waals surface area contributed by atoms with E-state index < -0.39 is 5.91 Å². The monoisotopic (exact) mass is 253 g/mol. The maximum atomic E-state index is 11.4. The average molecular weight is 254 g/mol. The van der Waals surface area contributed by atoms with Crippen LogP contribution in [0.25, 0.3) is 0 Å². The molecular weight excluding hydrogens is 238 g/mol. The summed E-state index contributed by atoms with van der Waals surface area (Å²) in [7, 11) is 0. The van der Waals surface area contributed by atoms with Gasteiger partial charge in [0.15, 0.2) is 0 Å². The van der Waals surface area contributed by atoms with Crippen molar-refractivity contribution in [2.75, 3.05) is 18.4 Å². The van der Waals surface area contributed by atoms with Crippen LogP contribution in [0.3, 0.4) is 0 Å². The van der Waals surface area contributed by atoms with Gasteiger partial charge in [-0.25, -0.2) is 0 Å². The van der Waals surface area contributed by atoms with Gasteiger partial charge >= 0.3 is 0 Å². The summed E-state index contributed by atoms with van der Waals surface area (Å²) in [6.07, 6.45) is 1.01. The molecule has 1 aromatic carbocycles. The van der Waals surface area contributed by atoms with Crippen LogP contribution in [0.2, 0.25) is 5.02 Å². The molecule has 1 aliphatic heterocycles. The Bertz CT molecular complexity index is 441. The summed E-state index contributed by atoms with van der Waals surface area (Å²) in [4.78, 5) is 11.4. The van der Waals surface area contributed by atoms with Crippen molar-refractivity contribution in [2.45, 2.75) is 18.9 Å². The number of rotatable bonds is 3. The van der Waals surface area contributed by atoms with Crippen LogP contribution in [-0.2, 0) is 0 Å². The second-order valence-electron chi connectivity index (χ2n) is 4.67. The fraction of sp³-hybridized carbons (Fsp3) is 0.417. The molecule has 1 atom stereocenters. The Balaban J connectivity index is 2.28. The molecule has 2 rings (SSSR count). The molecule has 1 fully saturated rings. The maximum Gasteiger partial charge on any atom is 0.250 e. The highest BCUT2D eigenvalue weighted by atomic mass is 35.5. The maximum absolute atomic E-state index is 11.4. The first-order valence-electron chi connectivity index (χ1n) is 5.58. The molecule has 1 amide bonds. The lowest BCUT2D eigenvalue weighted by Gasteiger charge is -2.27. The van der Waals surface area contributed by atoms with Crippen molar-refractivity contribution >= 4 is 23.2 Å². The number of primary amides is 1. The lowest BCUT2D eigenvalue weighted by atomic mass is 10.00. The summed E-state index contributed by atoms with van der Waals surface area (Å²) < 4.78 is 0. The smallest absolute Gasteiger partial charge is 0.250 e. The van der Waals surface area contributed by atoms with Crippen molar-refractivity contribution in [1.29, 1.82) is 0 Å². The molecule has 92 valence electrons. The number of amides is 1. The minimum atomic E-state index is -0.468. The van der Waals surface area contributed by atoms with Gasteiger partial charge in [-0.1, -0.05) is 11.6 Å². The molecule has 1 aliphatic rings. The lowest BCUT2D eigenvalue weighted by Crippen LogP contribution is -2.37. The average Bonchev–Trinajstić information content (AvgIpc) is 2.67. The zero-order valence-corrected chi connectivity index (χ0v) is 10.5. The second kappa shape index (κ2) is 4.55. The standard InChI is InChI=1S/C12H16ClN3O/c1-12(4-5-15-7-12)16-10-3-2-8(13)6-9(10)11(14)17/h2-3,6,15-16H,4-5,7H2,1H3,(H2,14,17). The van der Waals surface area contributed by atoms with E-state index in [4.69, 9.17) is 17.3 Å². The normalized spacial score (nSPS) is 23.6. The van der Waals surface area contributed by atoms with E-state index in [-0.39, 0.29) is 5.54 Å². The largest absolute Gasteiger partial charge is 0.378 e. The molecule has 0 saturated carbocycles. The number of carbonyl (C=O) groups excluding carboxylic acids is 1. The third-order valence-electron chi connectivity index (χ3n) is 3.05. The summed E-state index contributed by atoms with van der Waals surface area (Å²) in [6, 6.07) is 5.14. The number of hydrogen-bond acceptors (Lipinski definition) is 3. The van der Waals surface area contributed by atoms with E-state index in [1.54, 1.807) is 18.2 Å². The predicted molar refractivity (Wildman–Crippen MR) is 69.5 cm³/mol. The molecule has 4 N–H and O–H groups in total. The highest BCUT2D eigenvalue weighted by molar-refractivity contribution is 6.31. The minimum absolute atomic E-state index is 0.0436. The van der Waals surface area contributed by atoms with E-state index in [9.17, 15) is 4.79 Å². The molecule has 0 aromatic heterocycles. The van der Waals surface area contributed by atoms with Gasteiger partial charge in [0.1, 0.15) is 0 Å². The lowest BCUT2D eigenvalue weighted by molar-refractivity contribution is 0.100. The number of hydrogen-bond donors (Lipinski definition) is 3. The highest BCUT2D eigenvalue weighted by Crippen LogP contribution is 2.26. The van der Waals surface area contributed by atoms with Gasteiger partial charge in [0.05, 0.1) is 5.56 Å². The fourth-order valence-corrected chi connectivity index (χ4v) is 2.25. The van der Waals surface area contributed by atoms with Gasteiger partial charge in [-0.2, -0.15) is 0 Å². The number of anilines is 1. The van der Waals surface area contributed by atoms with Gasteiger partial charge in [0.25, 0.3) is 5.91 Å². The van der Waals surface area contributed by atoms with Crippen LogP contribution in [0.15, 0.2) is 18.2 Å². The SMILES string of the molecule is CC1(Nc2ccc(Cl)cc2C(N)=O)CCNC1. The van der Waals surface area contributed by atoms with Crippen molar-refractivity contribution in [3.63, 3.8) is 0 Å². The first kappa shape index (κ1) is 12.2. The van der Waals surface area contributed by atoms with Crippen LogP contribution >= 0.6 is 11.6 Å². The topological polar surface area (TPSA) is 67.1 Å². The molecule has 4 nitrogen and oxygen atoms in total. The quantitative estimate of drug-likeness (QED) is 0.767. The number of benzene rings is 1. The van der Waals surface area contributed by atoms with Gasteiger partial charge < -0.3 is 16.4 Å². The van der Waals surface area contributed by atoms with E-state index >= 15 is 0 Å². The van der Waals surface area contributed by atoms with Gasteiger partial charge in [-0.3, -0.25) is 4.79 Å². The van der Waals surface area contributed by atoms with E-state index in [1.807, 2.05) is 0 Å². The summed E-state index contributed by atoms with van der Waals surface area (Å²) in [5.74, 6) is -0.468. The fourth-order valence-electron chi connectivity index (χ4n) is 2.08. The predicted octanol–water partition coefficient (Wildman–Crippen LogP) is 1.60. The van der Waals surface area contributed by atoms with Crippen LogP contribution in [0.4, 0.5) is 5.69 Å². The third-order valence-corrected chi connectivity index (χ3v) is 3.29. The van der Waals surface area contributed by atoms with Crippen molar-refractivity contribution in [1.82, 2.24) is 5.32 Å². The Morgan fingerprint density at radius 3 is 2.94 bits per heavy atom. The molecule has 0 bridgehead atoms. The summed E-state index contributed by atoms with van der Waals surface area (Å²) in [5.41, 5.74) is 6.48. The number of carbonyl (C=O) groups is 1. The molecule has 0 radical (unpaired) electrons. The molecule has 0 spiro atoms. The summed E-state index contributed by atoms with van der Waals surface area (Å²) in [6.45, 7) is 3.96.